The quantitative estimate of drug-likeness (QED) is 0.511. The molecule has 0 aromatic carbocycles. The number of rotatable bonds is 2. The SMILES string of the molecule is C/C=C(\C(N)=NCC)C(F)(F)F. The molecule has 0 aliphatic carbocycles. The molecule has 5 heteroatoms. The molecule has 0 spiro atoms. The number of hydrogen-bond donors (Lipinski definition) is 1. The van der Waals surface area contributed by atoms with Gasteiger partial charge in [0.1, 0.15) is 5.84 Å². The van der Waals surface area contributed by atoms with E-state index >= 15 is 0 Å². The summed E-state index contributed by atoms with van der Waals surface area (Å²) in [6, 6.07) is 0. The summed E-state index contributed by atoms with van der Waals surface area (Å²) in [7, 11) is 0. The summed E-state index contributed by atoms with van der Waals surface area (Å²) < 4.78 is 36.2. The highest BCUT2D eigenvalue weighted by Crippen LogP contribution is 2.25. The summed E-state index contributed by atoms with van der Waals surface area (Å²) in [6.07, 6.45) is -3.49. The maximum absolute atomic E-state index is 12.1. The van der Waals surface area contributed by atoms with E-state index in [1.165, 1.54) is 6.92 Å². The van der Waals surface area contributed by atoms with E-state index in [1.54, 1.807) is 6.92 Å². The van der Waals surface area contributed by atoms with Crippen molar-refractivity contribution in [3.8, 4) is 0 Å². The number of alkyl halides is 3. The second-order valence-electron chi connectivity index (χ2n) is 2.06. The monoisotopic (exact) mass is 180 g/mol. The summed E-state index contributed by atoms with van der Waals surface area (Å²) in [6.45, 7) is 3.15. The first-order valence-electron chi connectivity index (χ1n) is 3.47. The standard InChI is InChI=1S/C7H11F3N2/c1-3-5(7(8,9)10)6(11)12-4-2/h3H,4H2,1-2H3,(H2,11,12)/b5-3+. The molecule has 0 fully saturated rings. The minimum absolute atomic E-state index is 0.249. The molecule has 0 amide bonds. The Kier molecular flexibility index (Phi) is 3.79. The molecule has 0 aliphatic heterocycles. The first-order chi connectivity index (χ1) is 5.43. The van der Waals surface area contributed by atoms with Gasteiger partial charge in [0.25, 0.3) is 0 Å². The molecule has 0 heterocycles. The van der Waals surface area contributed by atoms with E-state index in [0.29, 0.717) is 0 Å². The maximum atomic E-state index is 12.1. The summed E-state index contributed by atoms with van der Waals surface area (Å²) in [5.41, 5.74) is 4.22. The van der Waals surface area contributed by atoms with E-state index in [-0.39, 0.29) is 6.54 Å². The van der Waals surface area contributed by atoms with E-state index in [9.17, 15) is 13.2 Å². The fraction of sp³-hybridized carbons (Fsp3) is 0.571. The number of halogens is 3. The third kappa shape index (κ3) is 2.94. The summed E-state index contributed by atoms with van der Waals surface area (Å²) in [5.74, 6) is -0.451. The van der Waals surface area contributed by atoms with Crippen molar-refractivity contribution in [3.05, 3.63) is 11.6 Å². The van der Waals surface area contributed by atoms with Crippen molar-refractivity contribution in [1.29, 1.82) is 0 Å². The van der Waals surface area contributed by atoms with Gasteiger partial charge in [-0.3, -0.25) is 4.99 Å². The zero-order valence-corrected chi connectivity index (χ0v) is 6.94. The van der Waals surface area contributed by atoms with E-state index in [2.05, 4.69) is 4.99 Å². The predicted molar refractivity (Wildman–Crippen MR) is 42.0 cm³/mol. The largest absolute Gasteiger partial charge is 0.419 e. The Morgan fingerprint density at radius 3 is 2.25 bits per heavy atom. The van der Waals surface area contributed by atoms with Crippen molar-refractivity contribution in [1.82, 2.24) is 0 Å². The van der Waals surface area contributed by atoms with E-state index < -0.39 is 17.6 Å². The van der Waals surface area contributed by atoms with Gasteiger partial charge in [-0.1, -0.05) is 6.08 Å². The predicted octanol–water partition coefficient (Wildman–Crippen LogP) is 1.87. The van der Waals surface area contributed by atoms with Gasteiger partial charge >= 0.3 is 6.18 Å². The lowest BCUT2D eigenvalue weighted by molar-refractivity contribution is -0.0862. The van der Waals surface area contributed by atoms with E-state index in [4.69, 9.17) is 5.73 Å². The highest BCUT2D eigenvalue weighted by atomic mass is 19.4. The minimum Gasteiger partial charge on any atom is -0.384 e. The first kappa shape index (κ1) is 11.0. The van der Waals surface area contributed by atoms with Crippen LogP contribution in [0, 0.1) is 0 Å². The topological polar surface area (TPSA) is 38.4 Å². The molecule has 12 heavy (non-hydrogen) atoms. The molecule has 2 nitrogen and oxygen atoms in total. The average Bonchev–Trinajstić information content (AvgIpc) is 1.85. The Balaban J connectivity index is 4.72. The molecular formula is C7H11F3N2. The smallest absolute Gasteiger partial charge is 0.384 e. The zero-order chi connectivity index (χ0) is 9.78. The lowest BCUT2D eigenvalue weighted by Crippen LogP contribution is -2.26. The summed E-state index contributed by atoms with van der Waals surface area (Å²) in [5, 5.41) is 0. The second kappa shape index (κ2) is 4.13. The Hall–Kier alpha value is -1.00. The molecular weight excluding hydrogens is 169 g/mol. The third-order valence-electron chi connectivity index (χ3n) is 1.20. The van der Waals surface area contributed by atoms with Crippen molar-refractivity contribution in [3.63, 3.8) is 0 Å². The normalized spacial score (nSPS) is 15.1. The van der Waals surface area contributed by atoms with Crippen LogP contribution in [0.1, 0.15) is 13.8 Å². The molecule has 0 saturated carbocycles. The molecule has 0 atom stereocenters. The Morgan fingerprint density at radius 2 is 2.00 bits per heavy atom. The van der Waals surface area contributed by atoms with Crippen LogP contribution >= 0.6 is 0 Å². The van der Waals surface area contributed by atoms with E-state index in [1.807, 2.05) is 0 Å². The van der Waals surface area contributed by atoms with Crippen molar-refractivity contribution in [2.75, 3.05) is 6.54 Å². The second-order valence-corrected chi connectivity index (χ2v) is 2.06. The van der Waals surface area contributed by atoms with Gasteiger partial charge in [0.15, 0.2) is 0 Å². The van der Waals surface area contributed by atoms with Crippen LogP contribution in [0.25, 0.3) is 0 Å². The first-order valence-corrected chi connectivity index (χ1v) is 3.47. The van der Waals surface area contributed by atoms with Crippen molar-refractivity contribution in [2.24, 2.45) is 10.7 Å². The van der Waals surface area contributed by atoms with Crippen LogP contribution in [-0.2, 0) is 0 Å². The summed E-state index contributed by atoms with van der Waals surface area (Å²) >= 11 is 0. The fourth-order valence-corrected chi connectivity index (χ4v) is 0.712. The van der Waals surface area contributed by atoms with Crippen LogP contribution in [-0.4, -0.2) is 18.6 Å². The third-order valence-corrected chi connectivity index (χ3v) is 1.20. The van der Waals surface area contributed by atoms with Crippen molar-refractivity contribution >= 4 is 5.84 Å². The number of nitrogens with two attached hydrogens (primary N) is 1. The molecule has 0 aromatic rings. The minimum atomic E-state index is -4.41. The van der Waals surface area contributed by atoms with Crippen LogP contribution in [0.15, 0.2) is 16.6 Å². The van der Waals surface area contributed by atoms with Gasteiger partial charge in [-0.15, -0.1) is 0 Å². The van der Waals surface area contributed by atoms with Crippen LogP contribution in [0.2, 0.25) is 0 Å². The van der Waals surface area contributed by atoms with Crippen LogP contribution < -0.4 is 5.73 Å². The maximum Gasteiger partial charge on any atom is 0.419 e. The molecule has 0 aromatic heterocycles. The molecule has 0 rings (SSSR count). The van der Waals surface area contributed by atoms with Crippen molar-refractivity contribution in [2.45, 2.75) is 20.0 Å². The van der Waals surface area contributed by atoms with E-state index in [0.717, 1.165) is 6.08 Å². The molecule has 70 valence electrons. The van der Waals surface area contributed by atoms with Crippen molar-refractivity contribution < 1.29 is 13.2 Å². The van der Waals surface area contributed by atoms with Gasteiger partial charge in [0.2, 0.25) is 0 Å². The van der Waals surface area contributed by atoms with Gasteiger partial charge in [0, 0.05) is 6.54 Å². The molecule has 0 bridgehead atoms. The molecule has 2 N–H and O–H groups in total. The average molecular weight is 180 g/mol. The van der Waals surface area contributed by atoms with Crippen LogP contribution in [0.5, 0.6) is 0 Å². The van der Waals surface area contributed by atoms with Crippen LogP contribution in [0.4, 0.5) is 13.2 Å². The van der Waals surface area contributed by atoms with Crippen LogP contribution in [0.3, 0.4) is 0 Å². The van der Waals surface area contributed by atoms with Gasteiger partial charge in [0.05, 0.1) is 5.57 Å². The number of amidine groups is 1. The van der Waals surface area contributed by atoms with Gasteiger partial charge in [-0.2, -0.15) is 13.2 Å². The molecule has 0 radical (unpaired) electrons. The molecule has 0 saturated heterocycles. The molecule has 0 aliphatic rings. The Morgan fingerprint density at radius 1 is 1.50 bits per heavy atom. The zero-order valence-electron chi connectivity index (χ0n) is 6.94. The number of allylic oxidation sites excluding steroid dienone is 1. The Bertz CT molecular complexity index is 203. The van der Waals surface area contributed by atoms with Gasteiger partial charge in [-0.05, 0) is 13.8 Å². The fourth-order valence-electron chi connectivity index (χ4n) is 0.712. The highest BCUT2D eigenvalue weighted by Gasteiger charge is 2.35. The lowest BCUT2D eigenvalue weighted by Gasteiger charge is -2.09. The Labute approximate surface area is 69.0 Å². The number of aliphatic imine (C=N–C) groups is 1. The number of nitrogens with zero attached hydrogens (tertiary/aromatic N) is 1. The highest BCUT2D eigenvalue weighted by molar-refractivity contribution is 5.98. The summed E-state index contributed by atoms with van der Waals surface area (Å²) in [4.78, 5) is 3.47. The number of hydrogen-bond acceptors (Lipinski definition) is 1. The van der Waals surface area contributed by atoms with Gasteiger partial charge in [-0.25, -0.2) is 0 Å². The molecule has 0 unspecified atom stereocenters. The van der Waals surface area contributed by atoms with Gasteiger partial charge < -0.3 is 5.73 Å². The lowest BCUT2D eigenvalue weighted by atomic mass is 10.2.